The number of hydrazine groups is 1. The van der Waals surface area contributed by atoms with Crippen molar-refractivity contribution in [1.29, 1.82) is 0 Å². The molecule has 3 aromatic rings. The van der Waals surface area contributed by atoms with Crippen LogP contribution in [0.25, 0.3) is 10.9 Å². The van der Waals surface area contributed by atoms with Crippen molar-refractivity contribution in [2.75, 3.05) is 44.0 Å². The Kier molecular flexibility index (Phi) is 4.57. The maximum Gasteiger partial charge on any atom is 0.311 e. The molecule has 1 aliphatic rings. The van der Waals surface area contributed by atoms with Crippen LogP contribution in [0.3, 0.4) is 0 Å². The standard InChI is InChI=1S/C17H20N8O2/c1-23-6-8-24(9-7-23)22-16-5-4-15(25(26)27)17(20-16)19-13-2-3-14-12(10-13)11-18-21-14/h2-5,10-11H,6-9H2,1H3,(H,18,21)(H2,19,20,22). The summed E-state index contributed by atoms with van der Waals surface area (Å²) in [6, 6.07) is 8.64. The summed E-state index contributed by atoms with van der Waals surface area (Å²) in [5.74, 6) is 0.763. The van der Waals surface area contributed by atoms with Crippen LogP contribution >= 0.6 is 0 Å². The first kappa shape index (κ1) is 17.2. The van der Waals surface area contributed by atoms with Gasteiger partial charge in [-0.25, -0.2) is 9.99 Å². The molecule has 0 spiro atoms. The van der Waals surface area contributed by atoms with E-state index in [9.17, 15) is 10.1 Å². The summed E-state index contributed by atoms with van der Waals surface area (Å²) >= 11 is 0. The van der Waals surface area contributed by atoms with Crippen LogP contribution in [0.15, 0.2) is 36.5 Å². The molecule has 0 atom stereocenters. The lowest BCUT2D eigenvalue weighted by atomic mass is 10.2. The number of rotatable bonds is 5. The molecule has 10 heteroatoms. The van der Waals surface area contributed by atoms with Crippen LogP contribution in [-0.2, 0) is 0 Å². The van der Waals surface area contributed by atoms with E-state index in [1.54, 1.807) is 12.3 Å². The largest absolute Gasteiger partial charge is 0.334 e. The van der Waals surface area contributed by atoms with Crippen molar-refractivity contribution in [1.82, 2.24) is 25.1 Å². The van der Waals surface area contributed by atoms with Crippen LogP contribution in [0.1, 0.15) is 0 Å². The zero-order chi connectivity index (χ0) is 18.8. The van der Waals surface area contributed by atoms with E-state index in [1.807, 2.05) is 18.2 Å². The Morgan fingerprint density at radius 3 is 2.78 bits per heavy atom. The van der Waals surface area contributed by atoms with Gasteiger partial charge in [0.1, 0.15) is 5.82 Å². The van der Waals surface area contributed by atoms with Gasteiger partial charge in [0.2, 0.25) is 5.82 Å². The average molecular weight is 368 g/mol. The zero-order valence-electron chi connectivity index (χ0n) is 14.8. The number of aromatic amines is 1. The van der Waals surface area contributed by atoms with Crippen LogP contribution in [-0.4, -0.2) is 63.2 Å². The van der Waals surface area contributed by atoms with E-state index in [1.165, 1.54) is 6.07 Å². The number of fused-ring (bicyclic) bond motifs is 1. The van der Waals surface area contributed by atoms with Crippen molar-refractivity contribution in [2.45, 2.75) is 0 Å². The normalized spacial score (nSPS) is 15.7. The Balaban J connectivity index is 1.58. The number of pyridine rings is 1. The number of nitrogens with one attached hydrogen (secondary N) is 3. The van der Waals surface area contributed by atoms with Gasteiger partial charge in [-0.15, -0.1) is 0 Å². The molecule has 4 rings (SSSR count). The summed E-state index contributed by atoms with van der Waals surface area (Å²) in [6.07, 6.45) is 1.70. The van der Waals surface area contributed by atoms with Crippen LogP contribution < -0.4 is 10.7 Å². The molecule has 0 amide bonds. The highest BCUT2D eigenvalue weighted by Crippen LogP contribution is 2.28. The number of hydrogen-bond acceptors (Lipinski definition) is 8. The second-order valence-corrected chi connectivity index (χ2v) is 6.52. The summed E-state index contributed by atoms with van der Waals surface area (Å²) in [6.45, 7) is 3.62. The van der Waals surface area contributed by atoms with E-state index in [2.05, 4.69) is 42.9 Å². The highest BCUT2D eigenvalue weighted by Gasteiger charge is 2.19. The molecule has 3 heterocycles. The van der Waals surface area contributed by atoms with Gasteiger partial charge in [-0.2, -0.15) is 5.10 Å². The van der Waals surface area contributed by atoms with Gasteiger partial charge >= 0.3 is 5.69 Å². The van der Waals surface area contributed by atoms with Gasteiger partial charge in [-0.1, -0.05) is 0 Å². The van der Waals surface area contributed by atoms with Gasteiger partial charge in [0, 0.05) is 43.3 Å². The number of benzene rings is 1. The molecule has 1 aromatic carbocycles. The molecule has 0 aliphatic carbocycles. The zero-order valence-corrected chi connectivity index (χ0v) is 14.8. The van der Waals surface area contributed by atoms with Crippen molar-refractivity contribution >= 4 is 33.9 Å². The second-order valence-electron chi connectivity index (χ2n) is 6.52. The van der Waals surface area contributed by atoms with Crippen molar-refractivity contribution in [2.24, 2.45) is 0 Å². The number of aromatic nitrogens is 3. The lowest BCUT2D eigenvalue weighted by Crippen LogP contribution is -2.47. The van der Waals surface area contributed by atoms with Gasteiger partial charge in [-0.3, -0.25) is 15.2 Å². The molecule has 0 bridgehead atoms. The number of nitrogens with zero attached hydrogens (tertiary/aromatic N) is 5. The van der Waals surface area contributed by atoms with Crippen LogP contribution in [0.4, 0.5) is 23.0 Å². The summed E-state index contributed by atoms with van der Waals surface area (Å²) in [5, 5.41) is 24.3. The molecule has 1 saturated heterocycles. The maximum atomic E-state index is 11.4. The van der Waals surface area contributed by atoms with Gasteiger partial charge in [0.15, 0.2) is 0 Å². The Morgan fingerprint density at radius 1 is 1.19 bits per heavy atom. The predicted octanol–water partition coefficient (Wildman–Crippen LogP) is 2.18. The smallest absolute Gasteiger partial charge is 0.311 e. The fourth-order valence-electron chi connectivity index (χ4n) is 2.99. The van der Waals surface area contributed by atoms with Crippen molar-refractivity contribution in [3.8, 4) is 0 Å². The molecule has 0 saturated carbocycles. The van der Waals surface area contributed by atoms with Gasteiger partial charge in [0.05, 0.1) is 16.6 Å². The molecular weight excluding hydrogens is 348 g/mol. The number of anilines is 3. The van der Waals surface area contributed by atoms with Crippen molar-refractivity contribution in [3.63, 3.8) is 0 Å². The van der Waals surface area contributed by atoms with E-state index in [0.717, 1.165) is 37.1 Å². The minimum Gasteiger partial charge on any atom is -0.334 e. The summed E-state index contributed by atoms with van der Waals surface area (Å²) in [4.78, 5) is 17.6. The summed E-state index contributed by atoms with van der Waals surface area (Å²) < 4.78 is 0. The number of hydrogen-bond donors (Lipinski definition) is 3. The van der Waals surface area contributed by atoms with Crippen molar-refractivity contribution in [3.05, 3.63) is 46.6 Å². The lowest BCUT2D eigenvalue weighted by molar-refractivity contribution is -0.384. The monoisotopic (exact) mass is 368 g/mol. The first-order valence-corrected chi connectivity index (χ1v) is 8.64. The molecule has 27 heavy (non-hydrogen) atoms. The molecule has 0 radical (unpaired) electrons. The molecule has 1 fully saturated rings. The average Bonchev–Trinajstić information content (AvgIpc) is 3.11. The Hall–Kier alpha value is -3.24. The third kappa shape index (κ3) is 3.81. The van der Waals surface area contributed by atoms with Gasteiger partial charge < -0.3 is 15.6 Å². The minimum absolute atomic E-state index is 0.0776. The Labute approximate surface area is 155 Å². The minimum atomic E-state index is -0.439. The van der Waals surface area contributed by atoms with E-state index >= 15 is 0 Å². The van der Waals surface area contributed by atoms with E-state index in [0.29, 0.717) is 11.5 Å². The molecule has 2 aromatic heterocycles. The Bertz CT molecular complexity index is 964. The maximum absolute atomic E-state index is 11.4. The van der Waals surface area contributed by atoms with E-state index < -0.39 is 4.92 Å². The molecule has 1 aliphatic heterocycles. The molecule has 0 unspecified atom stereocenters. The van der Waals surface area contributed by atoms with Crippen molar-refractivity contribution < 1.29 is 4.92 Å². The molecule has 140 valence electrons. The van der Waals surface area contributed by atoms with Gasteiger partial charge in [0.25, 0.3) is 0 Å². The Morgan fingerprint density at radius 2 is 2.00 bits per heavy atom. The fourth-order valence-corrected chi connectivity index (χ4v) is 2.99. The third-order valence-corrected chi connectivity index (χ3v) is 4.55. The predicted molar refractivity (Wildman–Crippen MR) is 103 cm³/mol. The molecule has 3 N–H and O–H groups in total. The molecule has 10 nitrogen and oxygen atoms in total. The first-order valence-electron chi connectivity index (χ1n) is 8.64. The van der Waals surface area contributed by atoms with Crippen LogP contribution in [0.2, 0.25) is 0 Å². The summed E-state index contributed by atoms with van der Waals surface area (Å²) in [5.41, 5.74) is 4.76. The quantitative estimate of drug-likeness (QED) is 0.464. The second kappa shape index (κ2) is 7.17. The number of likely N-dealkylation sites (N-methyl/N-ethyl adjacent to an activating group) is 1. The highest BCUT2D eigenvalue weighted by atomic mass is 16.6. The topological polar surface area (TPSA) is 115 Å². The van der Waals surface area contributed by atoms with Crippen LogP contribution in [0, 0.1) is 10.1 Å². The first-order chi connectivity index (χ1) is 13.1. The fraction of sp³-hybridized carbons (Fsp3) is 0.294. The number of nitro groups is 1. The highest BCUT2D eigenvalue weighted by molar-refractivity contribution is 5.83. The van der Waals surface area contributed by atoms with Crippen LogP contribution in [0.5, 0.6) is 0 Å². The van der Waals surface area contributed by atoms with E-state index in [-0.39, 0.29) is 11.5 Å². The SMILES string of the molecule is CN1CCN(Nc2ccc([N+](=O)[O-])c(Nc3ccc4[nH]ncc4c3)n2)CC1. The van der Waals surface area contributed by atoms with E-state index in [4.69, 9.17) is 0 Å². The third-order valence-electron chi connectivity index (χ3n) is 4.55. The number of H-pyrrole nitrogens is 1. The lowest BCUT2D eigenvalue weighted by Gasteiger charge is -2.32. The van der Waals surface area contributed by atoms with Gasteiger partial charge in [-0.05, 0) is 31.3 Å². The molecular formula is C17H20N8O2. The summed E-state index contributed by atoms with van der Waals surface area (Å²) in [7, 11) is 2.08. The number of piperazine rings is 1.